The number of benzene rings is 2. The number of hydrogen-bond acceptors (Lipinski definition) is 26. The lowest BCUT2D eigenvalue weighted by molar-refractivity contribution is -0.142. The minimum atomic E-state index is -1.18. The number of amides is 8. The van der Waals surface area contributed by atoms with Crippen LogP contribution in [0.2, 0.25) is 0 Å². The van der Waals surface area contributed by atoms with Gasteiger partial charge in [-0.1, -0.05) is 214 Å². The van der Waals surface area contributed by atoms with E-state index in [1.807, 2.05) is 62.4 Å². The Morgan fingerprint density at radius 3 is 0.824 bits per heavy atom. The summed E-state index contributed by atoms with van der Waals surface area (Å²) in [4.78, 5) is 192. The van der Waals surface area contributed by atoms with Crippen LogP contribution in [-0.2, 0) is 127 Å². The van der Waals surface area contributed by atoms with Crippen molar-refractivity contribution in [3.8, 4) is 0 Å². The lowest BCUT2D eigenvalue weighted by Crippen LogP contribution is -2.41. The second kappa shape index (κ2) is 94.5. The summed E-state index contributed by atoms with van der Waals surface area (Å²) in [5.41, 5.74) is 15.6. The van der Waals surface area contributed by atoms with Gasteiger partial charge in [0.2, 0.25) is 47.3 Å². The van der Waals surface area contributed by atoms with Gasteiger partial charge in [0.25, 0.3) is 0 Å². The summed E-state index contributed by atoms with van der Waals surface area (Å²) in [6, 6.07) is 12.9. The second-order valence-corrected chi connectivity index (χ2v) is 38.3. The molecular weight excluding hydrogens is 1910 g/mol. The maximum Gasteiger partial charge on any atom is 0.326 e. The van der Waals surface area contributed by atoms with Crippen molar-refractivity contribution in [3.63, 3.8) is 0 Å². The zero-order valence-corrected chi connectivity index (χ0v) is 89.7. The molecule has 16 N–H and O–H groups in total. The summed E-state index contributed by atoms with van der Waals surface area (Å²) >= 11 is 0. The number of nitrogens with two attached hydrogens (primary N) is 2. The number of nitrogens with one attached hydrogen (secondary N) is 8. The number of Topliss-reactive ketones (excluding diaryl/α,β-unsaturated/α-hetero) is 4. The van der Waals surface area contributed by atoms with Crippen molar-refractivity contribution in [2.24, 2.45) is 23.3 Å². The lowest BCUT2D eigenvalue weighted by Gasteiger charge is -2.17. The Labute approximate surface area is 879 Å². The van der Waals surface area contributed by atoms with E-state index in [4.69, 9.17) is 59.6 Å². The number of carbonyl (C=O) groups excluding carboxylic acids is 12. The zero-order valence-electron chi connectivity index (χ0n) is 89.7. The fraction of sp³-hybridized carbons (Fsp3) is 0.745. The van der Waals surface area contributed by atoms with E-state index in [9.17, 15) is 86.9 Å². The maximum atomic E-state index is 12.9. The van der Waals surface area contributed by atoms with E-state index in [1.54, 1.807) is 14.1 Å². The van der Waals surface area contributed by atoms with Crippen molar-refractivity contribution < 1.29 is 135 Å². The average molecular weight is 2100 g/mol. The lowest BCUT2D eigenvalue weighted by atomic mass is 9.91. The highest BCUT2D eigenvalue weighted by molar-refractivity contribution is 5.88. The molecule has 2 rings (SSSR count). The molecule has 0 aliphatic rings. The fourth-order valence-electron chi connectivity index (χ4n) is 16.3. The molecule has 2 aromatic rings. The van der Waals surface area contributed by atoms with Gasteiger partial charge in [0, 0.05) is 115 Å². The molecule has 6 atom stereocenters. The SMILES string of the molecule is CN[C@@H](CCCCNC(=O)COCCOCCCC(=O)COCCOCCNC(=O)CC[C@H](NC(=O)CCCCCCCCCCCCCCCCC(=O)O)C(=O)O)C(=O)CC[C@@H](Cc1ccc(C)cc1)C(N)=O.CN[C@@H](CCCCNC(=O)COCCOCCCC(=O)COCCOCCNC(=O)CC[C@H](NC(=O)CCCCCCCCCCCCCCCCC(=O)O)C(=O)O)C(=O)CC[C@@H](Cc1ccc(C)cc1)C(N)=O. The van der Waals surface area contributed by atoms with E-state index in [1.165, 1.54) is 77.0 Å². The van der Waals surface area contributed by atoms with Gasteiger partial charge >= 0.3 is 23.9 Å². The molecule has 0 radical (unpaired) electrons. The van der Waals surface area contributed by atoms with Gasteiger partial charge in [-0.15, -0.1) is 0 Å². The van der Waals surface area contributed by atoms with Crippen LogP contribution in [0.4, 0.5) is 0 Å². The second-order valence-electron chi connectivity index (χ2n) is 38.3. The third kappa shape index (κ3) is 84.1. The first-order valence-electron chi connectivity index (χ1n) is 54.7. The van der Waals surface area contributed by atoms with E-state index in [2.05, 4.69) is 42.5 Å². The van der Waals surface area contributed by atoms with E-state index >= 15 is 0 Å². The number of unbranched alkanes of at least 4 members (excludes halogenated alkanes) is 28. The van der Waals surface area contributed by atoms with Crippen LogP contribution in [0.1, 0.15) is 343 Å². The summed E-state index contributed by atoms with van der Waals surface area (Å²) in [5, 5.41) is 58.6. The van der Waals surface area contributed by atoms with Crippen LogP contribution in [-0.4, -0.2) is 285 Å². The predicted molar refractivity (Wildman–Crippen MR) is 565 cm³/mol. The number of carboxylic acids is 4. The Hall–Kier alpha value is -9.64. The van der Waals surface area contributed by atoms with Crippen molar-refractivity contribution >= 4 is 94.3 Å². The molecule has 38 heteroatoms. The van der Waals surface area contributed by atoms with E-state index in [0.717, 1.165) is 125 Å². The van der Waals surface area contributed by atoms with Crippen LogP contribution in [0, 0.1) is 25.7 Å². The molecule has 2 aromatic carbocycles. The Bertz CT molecular complexity index is 3680. The molecule has 0 spiro atoms. The first-order valence-corrected chi connectivity index (χ1v) is 54.7. The van der Waals surface area contributed by atoms with Crippen molar-refractivity contribution in [1.82, 2.24) is 42.5 Å². The molecule has 0 unspecified atom stereocenters. The van der Waals surface area contributed by atoms with E-state index < -0.39 is 59.6 Å². The molecule has 0 aromatic heterocycles. The molecule has 8 amide bonds. The van der Waals surface area contributed by atoms with Gasteiger partial charge < -0.3 is 112 Å². The highest BCUT2D eigenvalue weighted by Gasteiger charge is 2.27. The fourth-order valence-corrected chi connectivity index (χ4v) is 16.3. The maximum absolute atomic E-state index is 12.9. The molecule has 844 valence electrons. The van der Waals surface area contributed by atoms with Gasteiger partial charge in [0.05, 0.1) is 78.2 Å². The molecule has 0 saturated carbocycles. The number of carboxylic acid groups (broad SMARTS) is 4. The molecule has 0 aliphatic carbocycles. The molecule has 0 heterocycles. The van der Waals surface area contributed by atoms with Crippen LogP contribution >= 0.6 is 0 Å². The van der Waals surface area contributed by atoms with Crippen molar-refractivity contribution in [2.75, 3.05) is 146 Å². The Morgan fingerprint density at radius 1 is 0.257 bits per heavy atom. The first kappa shape index (κ1) is 136. The van der Waals surface area contributed by atoms with Crippen LogP contribution in [0.5, 0.6) is 0 Å². The number of likely N-dealkylation sites (N-methyl/N-ethyl adjacent to an activating group) is 2. The van der Waals surface area contributed by atoms with Crippen molar-refractivity contribution in [3.05, 3.63) is 70.8 Å². The van der Waals surface area contributed by atoms with Gasteiger partial charge in [0.1, 0.15) is 50.1 Å². The molecule has 38 nitrogen and oxygen atoms in total. The normalized spacial score (nSPS) is 12.4. The Kier molecular flexibility index (Phi) is 87.1. The molecule has 0 saturated heterocycles. The molecular formula is C110H186N10O28. The highest BCUT2D eigenvalue weighted by atomic mass is 16.5. The van der Waals surface area contributed by atoms with Crippen molar-refractivity contribution in [1.29, 1.82) is 0 Å². The standard InChI is InChI=1S/2C55H93N5O14/c2*1-43-24-26-44(27-25-43)40-45(54(56)68)28-30-49(62)47(57-2)21-17-18-32-58-52(65)42-74-39-36-71-34-19-20-46(61)41-73-38-37-72-35-33-59-50(63)31-29-48(55(69)70)60-51(64)22-15-13-11-9-7-5-3-4-6-8-10-12-14-16-23-53(66)67/h2*24-27,45,47-48,57H,3-23,28-42H2,1-2H3,(H2,56,68)(H,58,65)(H,59,63)(H,60,64)(H,66,67)(H,69,70)/t2*45-,47-,48-/m00/s1. The summed E-state index contributed by atoms with van der Waals surface area (Å²) < 4.78 is 43.4. The summed E-state index contributed by atoms with van der Waals surface area (Å²) in [6.45, 7) is 7.90. The third-order valence-corrected chi connectivity index (χ3v) is 25.2. The largest absolute Gasteiger partial charge is 0.481 e. The van der Waals surface area contributed by atoms with Gasteiger partial charge in [-0.05, 0) is 155 Å². The van der Waals surface area contributed by atoms with Gasteiger partial charge in [-0.3, -0.25) is 67.1 Å². The smallest absolute Gasteiger partial charge is 0.326 e. The number of rotatable bonds is 104. The number of primary amides is 2. The average Bonchev–Trinajstić information content (AvgIpc) is 0.882. The molecule has 0 fully saturated rings. The third-order valence-electron chi connectivity index (χ3n) is 25.2. The van der Waals surface area contributed by atoms with Crippen LogP contribution < -0.4 is 54.0 Å². The van der Waals surface area contributed by atoms with Crippen LogP contribution in [0.15, 0.2) is 48.5 Å². The number of ketones is 4. The summed E-state index contributed by atoms with van der Waals surface area (Å²) in [5.74, 6) is -7.40. The first-order chi connectivity index (χ1) is 71.4. The van der Waals surface area contributed by atoms with Crippen LogP contribution in [0.25, 0.3) is 0 Å². The van der Waals surface area contributed by atoms with Gasteiger partial charge in [0.15, 0.2) is 11.6 Å². The number of aliphatic carboxylic acids is 4. The minimum absolute atomic E-state index is 0.0289. The van der Waals surface area contributed by atoms with E-state index in [-0.39, 0.29) is 253 Å². The Morgan fingerprint density at radius 2 is 0.534 bits per heavy atom. The minimum Gasteiger partial charge on any atom is -0.481 e. The molecule has 148 heavy (non-hydrogen) atoms. The Balaban J connectivity index is 0.00000148. The van der Waals surface area contributed by atoms with E-state index in [0.29, 0.717) is 103 Å². The predicted octanol–water partition coefficient (Wildman–Crippen LogP) is 12.1. The zero-order chi connectivity index (χ0) is 109. The summed E-state index contributed by atoms with van der Waals surface area (Å²) in [7, 11) is 3.48. The number of carbonyl (C=O) groups is 16. The highest BCUT2D eigenvalue weighted by Crippen LogP contribution is 2.22. The van der Waals surface area contributed by atoms with Gasteiger partial charge in [-0.2, -0.15) is 0 Å². The molecule has 0 bridgehead atoms. The van der Waals surface area contributed by atoms with Gasteiger partial charge in [-0.25, -0.2) is 9.59 Å². The summed E-state index contributed by atoms with van der Waals surface area (Å²) in [6.07, 6.45) is 38.8. The monoisotopic (exact) mass is 2100 g/mol. The number of aryl methyl sites for hydroxylation is 2. The van der Waals surface area contributed by atoms with Crippen LogP contribution in [0.3, 0.4) is 0 Å². The molecule has 0 aliphatic heterocycles. The number of ether oxygens (including phenoxy) is 8. The number of hydrogen-bond donors (Lipinski definition) is 14. The quantitative estimate of drug-likeness (QED) is 0.0274. The van der Waals surface area contributed by atoms with Crippen molar-refractivity contribution in [2.45, 2.75) is 372 Å². The topological polar surface area (TPSA) is 576 Å².